The fraction of sp³-hybridized carbons (Fsp3) is 0.250. The first-order valence-corrected chi connectivity index (χ1v) is 4.42. The van der Waals surface area contributed by atoms with Crippen LogP contribution in [-0.4, -0.2) is 16.8 Å². The van der Waals surface area contributed by atoms with Crippen molar-refractivity contribution in [2.45, 2.75) is 6.92 Å². The van der Waals surface area contributed by atoms with E-state index in [0.717, 1.165) is 0 Å². The van der Waals surface area contributed by atoms with E-state index in [4.69, 9.17) is 27.9 Å². The van der Waals surface area contributed by atoms with Crippen molar-refractivity contribution < 1.29 is 4.74 Å². The number of aromatic nitrogens is 2. The number of hydrogen-bond donors (Lipinski definition) is 0. The van der Waals surface area contributed by atoms with Crippen molar-refractivity contribution in [2.75, 3.05) is 6.61 Å². The first kappa shape index (κ1) is 10.3. The first-order chi connectivity index (χ1) is 6.24. The molecule has 0 amide bonds. The summed E-state index contributed by atoms with van der Waals surface area (Å²) in [5.41, 5.74) is 0. The second-order valence-electron chi connectivity index (χ2n) is 2.20. The number of halogens is 2. The van der Waals surface area contributed by atoms with E-state index in [1.807, 2.05) is 19.1 Å². The van der Waals surface area contributed by atoms with E-state index in [1.165, 1.54) is 6.07 Å². The molecule has 3 nitrogen and oxygen atoms in total. The molecule has 1 aromatic rings. The van der Waals surface area contributed by atoms with E-state index in [1.54, 1.807) is 0 Å². The second kappa shape index (κ2) is 5.04. The van der Waals surface area contributed by atoms with Gasteiger partial charge in [0.1, 0.15) is 6.61 Å². The maximum atomic E-state index is 5.69. The maximum Gasteiger partial charge on any atom is 0.193 e. The molecule has 1 rings (SSSR count). The minimum absolute atomic E-state index is 0.217. The molecule has 0 radical (unpaired) electrons. The lowest BCUT2D eigenvalue weighted by atomic mass is 10.5. The quantitative estimate of drug-likeness (QED) is 0.733. The van der Waals surface area contributed by atoms with Crippen LogP contribution < -0.4 is 4.74 Å². The van der Waals surface area contributed by atoms with Gasteiger partial charge in [0.2, 0.25) is 0 Å². The smallest absolute Gasteiger partial charge is 0.193 e. The molecule has 13 heavy (non-hydrogen) atoms. The van der Waals surface area contributed by atoms with Crippen LogP contribution in [0.25, 0.3) is 0 Å². The molecule has 0 spiro atoms. The van der Waals surface area contributed by atoms with Crippen LogP contribution in [0.3, 0.4) is 0 Å². The van der Waals surface area contributed by atoms with Gasteiger partial charge in [0.05, 0.1) is 0 Å². The third-order valence-electron chi connectivity index (χ3n) is 1.26. The highest BCUT2D eigenvalue weighted by Crippen LogP contribution is 2.23. The topological polar surface area (TPSA) is 35.0 Å². The van der Waals surface area contributed by atoms with Crippen LogP contribution in [0, 0.1) is 0 Å². The van der Waals surface area contributed by atoms with E-state index in [0.29, 0.717) is 12.4 Å². The SMILES string of the molecule is C/C=C/COc1cc(Cl)nnc1Cl. The summed E-state index contributed by atoms with van der Waals surface area (Å²) in [6, 6.07) is 1.53. The highest BCUT2D eigenvalue weighted by molar-refractivity contribution is 6.32. The minimum Gasteiger partial charge on any atom is -0.486 e. The first-order valence-electron chi connectivity index (χ1n) is 3.66. The van der Waals surface area contributed by atoms with Crippen LogP contribution in [0.5, 0.6) is 5.75 Å². The van der Waals surface area contributed by atoms with Gasteiger partial charge in [0, 0.05) is 6.07 Å². The fourth-order valence-electron chi connectivity index (χ4n) is 0.673. The Morgan fingerprint density at radius 1 is 1.46 bits per heavy atom. The lowest BCUT2D eigenvalue weighted by Gasteiger charge is -2.03. The zero-order valence-electron chi connectivity index (χ0n) is 7.00. The van der Waals surface area contributed by atoms with Crippen molar-refractivity contribution >= 4 is 23.2 Å². The lowest BCUT2D eigenvalue weighted by molar-refractivity contribution is 0.360. The molecule has 70 valence electrons. The van der Waals surface area contributed by atoms with Gasteiger partial charge in [-0.05, 0) is 6.92 Å². The second-order valence-corrected chi connectivity index (χ2v) is 2.95. The largest absolute Gasteiger partial charge is 0.486 e. The lowest BCUT2D eigenvalue weighted by Crippen LogP contribution is -1.96. The highest BCUT2D eigenvalue weighted by atomic mass is 35.5. The highest BCUT2D eigenvalue weighted by Gasteiger charge is 2.03. The summed E-state index contributed by atoms with van der Waals surface area (Å²) >= 11 is 11.3. The van der Waals surface area contributed by atoms with E-state index >= 15 is 0 Å². The van der Waals surface area contributed by atoms with Gasteiger partial charge in [-0.3, -0.25) is 0 Å². The molecule has 0 bridgehead atoms. The van der Waals surface area contributed by atoms with E-state index in [2.05, 4.69) is 10.2 Å². The number of rotatable bonds is 3. The molecule has 1 heterocycles. The average molecular weight is 219 g/mol. The Morgan fingerprint density at radius 2 is 2.23 bits per heavy atom. The molecule has 1 aromatic heterocycles. The van der Waals surface area contributed by atoms with Crippen LogP contribution in [0.2, 0.25) is 10.3 Å². The van der Waals surface area contributed by atoms with Gasteiger partial charge in [-0.25, -0.2) is 0 Å². The van der Waals surface area contributed by atoms with Crippen molar-refractivity contribution in [1.29, 1.82) is 0 Å². The maximum absolute atomic E-state index is 5.69. The van der Waals surface area contributed by atoms with E-state index in [-0.39, 0.29) is 10.3 Å². The molecule has 5 heteroatoms. The van der Waals surface area contributed by atoms with Gasteiger partial charge in [0.15, 0.2) is 16.1 Å². The molecule has 0 saturated carbocycles. The molecule has 0 N–H and O–H groups in total. The van der Waals surface area contributed by atoms with Crippen molar-refractivity contribution in [3.05, 3.63) is 28.5 Å². The Morgan fingerprint density at radius 3 is 2.92 bits per heavy atom. The van der Waals surface area contributed by atoms with Gasteiger partial charge in [-0.15, -0.1) is 10.2 Å². The predicted molar refractivity (Wildman–Crippen MR) is 52.4 cm³/mol. The number of allylic oxidation sites excluding steroid dienone is 1. The van der Waals surface area contributed by atoms with Crippen LogP contribution in [0.1, 0.15) is 6.92 Å². The van der Waals surface area contributed by atoms with Crippen LogP contribution >= 0.6 is 23.2 Å². The number of ether oxygens (including phenoxy) is 1. The van der Waals surface area contributed by atoms with Crippen LogP contribution in [0.15, 0.2) is 18.2 Å². The fourth-order valence-corrected chi connectivity index (χ4v) is 0.957. The Bertz CT molecular complexity index is 315. The zero-order valence-corrected chi connectivity index (χ0v) is 8.51. The third-order valence-corrected chi connectivity index (χ3v) is 1.70. The molecule has 0 fully saturated rings. The van der Waals surface area contributed by atoms with E-state index in [9.17, 15) is 0 Å². The van der Waals surface area contributed by atoms with Gasteiger partial charge in [-0.2, -0.15) is 0 Å². The third kappa shape index (κ3) is 3.20. The Balaban J connectivity index is 2.69. The van der Waals surface area contributed by atoms with E-state index < -0.39 is 0 Å². The Hall–Kier alpha value is -0.800. The molecular weight excluding hydrogens is 211 g/mol. The summed E-state index contributed by atoms with van der Waals surface area (Å²) in [5.74, 6) is 0.444. The number of hydrogen-bond acceptors (Lipinski definition) is 3. The van der Waals surface area contributed by atoms with Gasteiger partial charge >= 0.3 is 0 Å². The molecule has 0 aliphatic rings. The summed E-state index contributed by atoms with van der Waals surface area (Å²) < 4.78 is 5.25. The van der Waals surface area contributed by atoms with Gasteiger partial charge in [0.25, 0.3) is 0 Å². The molecule has 0 unspecified atom stereocenters. The number of nitrogens with zero attached hydrogens (tertiary/aromatic N) is 2. The molecular formula is C8H8Cl2N2O. The van der Waals surface area contributed by atoms with Crippen molar-refractivity contribution in [3.63, 3.8) is 0 Å². The standard InChI is InChI=1S/C8H8Cl2N2O/c1-2-3-4-13-6-5-7(9)11-12-8(6)10/h2-3,5H,4H2,1H3/b3-2+. The Kier molecular flexibility index (Phi) is 3.99. The zero-order chi connectivity index (χ0) is 9.68. The average Bonchev–Trinajstić information content (AvgIpc) is 2.11. The molecule has 0 saturated heterocycles. The van der Waals surface area contributed by atoms with Gasteiger partial charge in [-0.1, -0.05) is 35.4 Å². The van der Waals surface area contributed by atoms with Crippen molar-refractivity contribution in [2.24, 2.45) is 0 Å². The van der Waals surface area contributed by atoms with Crippen molar-refractivity contribution in [3.8, 4) is 5.75 Å². The minimum atomic E-state index is 0.217. The monoisotopic (exact) mass is 218 g/mol. The summed E-state index contributed by atoms with van der Waals surface area (Å²) in [6.07, 6.45) is 3.73. The molecule has 0 atom stereocenters. The van der Waals surface area contributed by atoms with Gasteiger partial charge < -0.3 is 4.74 Å². The molecule has 0 aromatic carbocycles. The molecule has 0 aliphatic carbocycles. The van der Waals surface area contributed by atoms with Crippen LogP contribution in [0.4, 0.5) is 0 Å². The predicted octanol–water partition coefficient (Wildman–Crippen LogP) is 2.74. The molecule has 0 aliphatic heterocycles. The Labute approximate surface area is 86.3 Å². The van der Waals surface area contributed by atoms with Crippen molar-refractivity contribution in [1.82, 2.24) is 10.2 Å². The van der Waals surface area contributed by atoms with Crippen LogP contribution in [-0.2, 0) is 0 Å². The summed E-state index contributed by atoms with van der Waals surface area (Å²) in [7, 11) is 0. The summed E-state index contributed by atoms with van der Waals surface area (Å²) in [5, 5.41) is 7.63. The summed E-state index contributed by atoms with van der Waals surface area (Å²) in [6.45, 7) is 2.35. The summed E-state index contributed by atoms with van der Waals surface area (Å²) in [4.78, 5) is 0. The normalized spacial score (nSPS) is 10.7.